The third-order valence-corrected chi connectivity index (χ3v) is 2.26. The SMILES string of the molecule is O=C(O)c1ccc(OCCNCC(F)(F)CO)cc1. The smallest absolute Gasteiger partial charge is 0.335 e. The quantitative estimate of drug-likeness (QED) is 0.616. The van der Waals surface area contributed by atoms with Crippen LogP contribution in [0.3, 0.4) is 0 Å². The van der Waals surface area contributed by atoms with E-state index in [9.17, 15) is 13.6 Å². The standard InChI is InChI=1S/C12H15F2NO4/c13-12(14,8-16)7-15-5-6-19-10-3-1-9(2-4-10)11(17)18/h1-4,15-16H,5-8H2,(H,17,18). The highest BCUT2D eigenvalue weighted by Gasteiger charge is 2.26. The van der Waals surface area contributed by atoms with Gasteiger partial charge in [0.1, 0.15) is 19.0 Å². The van der Waals surface area contributed by atoms with Gasteiger partial charge in [0.05, 0.1) is 12.1 Å². The number of aliphatic hydroxyl groups is 1. The number of aromatic carboxylic acids is 1. The first-order valence-electron chi connectivity index (χ1n) is 5.60. The fraction of sp³-hybridized carbons (Fsp3) is 0.417. The molecule has 0 aliphatic rings. The molecule has 106 valence electrons. The van der Waals surface area contributed by atoms with Gasteiger partial charge in [-0.25, -0.2) is 13.6 Å². The first-order valence-corrected chi connectivity index (χ1v) is 5.60. The number of carbonyl (C=O) groups is 1. The van der Waals surface area contributed by atoms with Gasteiger partial charge in [0, 0.05) is 6.54 Å². The summed E-state index contributed by atoms with van der Waals surface area (Å²) in [6, 6.07) is 5.77. The number of ether oxygens (including phenoxy) is 1. The van der Waals surface area contributed by atoms with Crippen molar-refractivity contribution in [1.29, 1.82) is 0 Å². The Labute approximate surface area is 108 Å². The summed E-state index contributed by atoms with van der Waals surface area (Å²) in [5, 5.41) is 19.5. The van der Waals surface area contributed by atoms with Crippen molar-refractivity contribution >= 4 is 5.97 Å². The number of hydrogen-bond acceptors (Lipinski definition) is 4. The zero-order chi connectivity index (χ0) is 14.3. The van der Waals surface area contributed by atoms with E-state index in [1.54, 1.807) is 0 Å². The molecule has 0 amide bonds. The predicted octanol–water partition coefficient (Wildman–Crippen LogP) is 0.981. The fourth-order valence-corrected chi connectivity index (χ4v) is 1.26. The monoisotopic (exact) mass is 275 g/mol. The lowest BCUT2D eigenvalue weighted by Crippen LogP contribution is -2.37. The zero-order valence-corrected chi connectivity index (χ0v) is 10.1. The van der Waals surface area contributed by atoms with Gasteiger partial charge in [-0.2, -0.15) is 0 Å². The molecule has 0 saturated carbocycles. The van der Waals surface area contributed by atoms with Crippen LogP contribution in [0.5, 0.6) is 5.75 Å². The summed E-state index contributed by atoms with van der Waals surface area (Å²) in [7, 11) is 0. The van der Waals surface area contributed by atoms with E-state index in [2.05, 4.69) is 5.32 Å². The molecule has 0 spiro atoms. The maximum atomic E-state index is 12.6. The third-order valence-electron chi connectivity index (χ3n) is 2.26. The molecule has 0 aromatic heterocycles. The van der Waals surface area contributed by atoms with Crippen LogP contribution in [0.1, 0.15) is 10.4 Å². The minimum absolute atomic E-state index is 0.146. The van der Waals surface area contributed by atoms with Gasteiger partial charge in [-0.1, -0.05) is 0 Å². The number of benzene rings is 1. The largest absolute Gasteiger partial charge is 0.492 e. The van der Waals surface area contributed by atoms with Crippen molar-refractivity contribution in [3.05, 3.63) is 29.8 Å². The fourth-order valence-electron chi connectivity index (χ4n) is 1.26. The molecule has 0 unspecified atom stereocenters. The average molecular weight is 275 g/mol. The van der Waals surface area contributed by atoms with Gasteiger partial charge in [-0.3, -0.25) is 0 Å². The molecule has 0 radical (unpaired) electrons. The van der Waals surface area contributed by atoms with Crippen molar-refractivity contribution in [1.82, 2.24) is 5.32 Å². The van der Waals surface area contributed by atoms with Crippen molar-refractivity contribution in [2.24, 2.45) is 0 Å². The molecular formula is C12H15F2NO4. The number of carboxylic acid groups (broad SMARTS) is 1. The Kier molecular flexibility index (Phi) is 5.65. The Hall–Kier alpha value is -1.73. The van der Waals surface area contributed by atoms with Gasteiger partial charge in [-0.15, -0.1) is 0 Å². The summed E-state index contributed by atoms with van der Waals surface area (Å²) in [5.41, 5.74) is 0.146. The molecule has 0 heterocycles. The number of alkyl halides is 2. The van der Waals surface area contributed by atoms with Crippen LogP contribution in [0, 0.1) is 0 Å². The highest BCUT2D eigenvalue weighted by Crippen LogP contribution is 2.12. The van der Waals surface area contributed by atoms with E-state index >= 15 is 0 Å². The normalized spacial score (nSPS) is 11.3. The van der Waals surface area contributed by atoms with Crippen molar-refractivity contribution in [2.75, 3.05) is 26.3 Å². The highest BCUT2D eigenvalue weighted by atomic mass is 19.3. The first kappa shape index (κ1) is 15.3. The van der Waals surface area contributed by atoms with Gasteiger partial charge in [-0.05, 0) is 24.3 Å². The van der Waals surface area contributed by atoms with Crippen LogP contribution in [-0.2, 0) is 0 Å². The topological polar surface area (TPSA) is 78.8 Å². The van der Waals surface area contributed by atoms with E-state index in [4.69, 9.17) is 14.9 Å². The second-order valence-corrected chi connectivity index (χ2v) is 3.87. The number of halogens is 2. The van der Waals surface area contributed by atoms with Crippen molar-refractivity contribution in [2.45, 2.75) is 5.92 Å². The maximum Gasteiger partial charge on any atom is 0.335 e. The number of hydrogen-bond donors (Lipinski definition) is 3. The Morgan fingerprint density at radius 2 is 1.95 bits per heavy atom. The lowest BCUT2D eigenvalue weighted by atomic mass is 10.2. The van der Waals surface area contributed by atoms with Crippen LogP contribution in [-0.4, -0.2) is 48.4 Å². The summed E-state index contributed by atoms with van der Waals surface area (Å²) in [5.74, 6) is -3.71. The Bertz CT molecular complexity index is 409. The Morgan fingerprint density at radius 3 is 2.47 bits per heavy atom. The van der Waals surface area contributed by atoms with E-state index in [1.165, 1.54) is 24.3 Å². The number of carboxylic acids is 1. The average Bonchev–Trinajstić information content (AvgIpc) is 2.39. The number of nitrogens with one attached hydrogen (secondary N) is 1. The second-order valence-electron chi connectivity index (χ2n) is 3.87. The first-order chi connectivity index (χ1) is 8.94. The summed E-state index contributed by atoms with van der Waals surface area (Å²) < 4.78 is 30.5. The van der Waals surface area contributed by atoms with Gasteiger partial charge < -0.3 is 20.3 Å². The lowest BCUT2D eigenvalue weighted by Gasteiger charge is -2.14. The lowest BCUT2D eigenvalue weighted by molar-refractivity contribution is -0.0477. The van der Waals surface area contributed by atoms with Gasteiger partial charge in [0.25, 0.3) is 5.92 Å². The van der Waals surface area contributed by atoms with E-state index < -0.39 is 25.0 Å². The van der Waals surface area contributed by atoms with Crippen LogP contribution in [0.4, 0.5) is 8.78 Å². The minimum Gasteiger partial charge on any atom is -0.492 e. The third kappa shape index (κ3) is 5.62. The maximum absolute atomic E-state index is 12.6. The van der Waals surface area contributed by atoms with Crippen molar-refractivity contribution in [3.63, 3.8) is 0 Å². The second kappa shape index (κ2) is 7.01. The van der Waals surface area contributed by atoms with Crippen LogP contribution in [0.15, 0.2) is 24.3 Å². The van der Waals surface area contributed by atoms with Gasteiger partial charge in [0.15, 0.2) is 0 Å². The van der Waals surface area contributed by atoms with E-state index in [1.807, 2.05) is 0 Å². The molecule has 19 heavy (non-hydrogen) atoms. The van der Waals surface area contributed by atoms with Crippen LogP contribution in [0.25, 0.3) is 0 Å². The van der Waals surface area contributed by atoms with Crippen molar-refractivity contribution < 1.29 is 28.5 Å². The summed E-state index contributed by atoms with van der Waals surface area (Å²) in [4.78, 5) is 10.6. The molecule has 1 rings (SSSR count). The van der Waals surface area contributed by atoms with Crippen LogP contribution < -0.4 is 10.1 Å². The molecule has 0 aliphatic carbocycles. The van der Waals surface area contributed by atoms with E-state index in [-0.39, 0.29) is 18.7 Å². The Morgan fingerprint density at radius 1 is 1.32 bits per heavy atom. The molecule has 1 aromatic carbocycles. The molecule has 5 nitrogen and oxygen atoms in total. The molecular weight excluding hydrogens is 260 g/mol. The Balaban J connectivity index is 2.24. The molecule has 0 atom stereocenters. The summed E-state index contributed by atoms with van der Waals surface area (Å²) in [6.07, 6.45) is 0. The zero-order valence-electron chi connectivity index (χ0n) is 10.1. The minimum atomic E-state index is -3.14. The van der Waals surface area contributed by atoms with Gasteiger partial charge >= 0.3 is 5.97 Å². The molecule has 7 heteroatoms. The van der Waals surface area contributed by atoms with Crippen LogP contribution >= 0.6 is 0 Å². The van der Waals surface area contributed by atoms with Gasteiger partial charge in [0.2, 0.25) is 0 Å². The summed E-state index contributed by atoms with van der Waals surface area (Å²) >= 11 is 0. The van der Waals surface area contributed by atoms with Crippen LogP contribution in [0.2, 0.25) is 0 Å². The molecule has 1 aromatic rings. The molecule has 0 bridgehead atoms. The molecule has 3 N–H and O–H groups in total. The predicted molar refractivity (Wildman–Crippen MR) is 63.8 cm³/mol. The molecule has 0 saturated heterocycles. The number of aliphatic hydroxyl groups excluding tert-OH is 1. The molecule has 0 fully saturated rings. The highest BCUT2D eigenvalue weighted by molar-refractivity contribution is 5.87. The van der Waals surface area contributed by atoms with E-state index in [0.29, 0.717) is 5.75 Å². The van der Waals surface area contributed by atoms with E-state index in [0.717, 1.165) is 0 Å². The number of rotatable bonds is 8. The van der Waals surface area contributed by atoms with Crippen molar-refractivity contribution in [3.8, 4) is 5.75 Å². The summed E-state index contributed by atoms with van der Waals surface area (Å²) in [6.45, 7) is -1.47. The molecule has 0 aliphatic heterocycles.